The number of H-pyrrole nitrogens is 3. The number of aliphatic carboxylic acids is 1. The molecule has 5 heterocycles. The van der Waals surface area contributed by atoms with Crippen LogP contribution in [-0.4, -0.2) is 51.2 Å². The summed E-state index contributed by atoms with van der Waals surface area (Å²) >= 11 is 0. The minimum atomic E-state index is -1.20. The molecular weight excluding hydrogens is 572 g/mol. The Morgan fingerprint density at radius 1 is 1.02 bits per heavy atom. The van der Waals surface area contributed by atoms with Crippen LogP contribution in [0.3, 0.4) is 0 Å². The number of aldehydes is 1. The lowest BCUT2D eigenvalue weighted by atomic mass is 9.85. The third-order valence-electron chi connectivity index (χ3n) is 9.63. The molecule has 8 bridgehead atoms. The highest BCUT2D eigenvalue weighted by Crippen LogP contribution is 2.48. The number of hydrogen-bond donors (Lipinski definition) is 5. The number of esters is 1. The second-order valence-electron chi connectivity index (χ2n) is 11.9. The van der Waals surface area contributed by atoms with Crippen molar-refractivity contribution in [3.05, 3.63) is 84.8 Å². The van der Waals surface area contributed by atoms with Crippen molar-refractivity contribution >= 4 is 53.9 Å². The van der Waals surface area contributed by atoms with Gasteiger partial charge in [-0.05, 0) is 61.6 Å². The number of carbonyl (C=O) groups is 4. The van der Waals surface area contributed by atoms with Gasteiger partial charge in [-0.25, -0.2) is 0 Å². The first kappa shape index (κ1) is 29.9. The highest BCUT2D eigenvalue weighted by Gasteiger charge is 2.48. The van der Waals surface area contributed by atoms with Crippen LogP contribution in [0.25, 0.3) is 29.9 Å². The summed E-state index contributed by atoms with van der Waals surface area (Å²) < 4.78 is 5.13. The lowest BCUT2D eigenvalue weighted by Gasteiger charge is -2.19. The first-order valence-electron chi connectivity index (χ1n) is 15.1. The maximum atomic E-state index is 14.0. The summed E-state index contributed by atoms with van der Waals surface area (Å²) in [5.74, 6) is -3.65. The molecule has 1 fully saturated rings. The van der Waals surface area contributed by atoms with Gasteiger partial charge in [-0.15, -0.1) is 0 Å². The van der Waals surface area contributed by atoms with Gasteiger partial charge in [0.05, 0.1) is 18.2 Å². The molecular formula is C35H36N4O6. The van der Waals surface area contributed by atoms with Crippen LogP contribution < -0.4 is 16.0 Å². The number of carboxylic acids is 1. The maximum absolute atomic E-state index is 14.0. The van der Waals surface area contributed by atoms with Crippen molar-refractivity contribution in [2.45, 2.75) is 47.0 Å². The molecule has 3 atom stereocenters. The molecule has 0 saturated carbocycles. The van der Waals surface area contributed by atoms with Crippen molar-refractivity contribution < 1.29 is 29.0 Å². The standard InChI is InChI=1S/C35H36N4O6/c1-7-18-15(3)22-11-23-16(4)20(9-10-28(41)42)32(38-23)30-31(35(44)45-6)34(43)29-17(5)24(39-33(29)30)12-26-19(8-2)21(14-40)27(37-26)13-25(18)36-22/h7,11-14,16,20,31,36-39H,1,8-10H2,2-6H3,(H,41,42)/t16-,20-,31+/m0/s1. The number of aromatic nitrogens is 3. The van der Waals surface area contributed by atoms with E-state index < -0.39 is 17.9 Å². The Bertz CT molecular complexity index is 2010. The predicted octanol–water partition coefficient (Wildman–Crippen LogP) is 3.73. The van der Waals surface area contributed by atoms with Crippen LogP contribution in [0.2, 0.25) is 0 Å². The number of rotatable bonds is 7. The van der Waals surface area contributed by atoms with E-state index in [-0.39, 0.29) is 24.0 Å². The topological polar surface area (TPSA) is 157 Å². The van der Waals surface area contributed by atoms with E-state index in [1.54, 1.807) is 6.08 Å². The Labute approximate surface area is 259 Å². The van der Waals surface area contributed by atoms with Crippen LogP contribution >= 0.6 is 0 Å². The van der Waals surface area contributed by atoms with Crippen LogP contribution in [-0.2, 0) is 20.7 Å². The van der Waals surface area contributed by atoms with Crippen molar-refractivity contribution in [1.29, 1.82) is 0 Å². The van der Waals surface area contributed by atoms with Gasteiger partial charge in [-0.3, -0.25) is 19.2 Å². The van der Waals surface area contributed by atoms with Gasteiger partial charge in [0.15, 0.2) is 12.1 Å². The van der Waals surface area contributed by atoms with E-state index in [0.29, 0.717) is 57.5 Å². The highest BCUT2D eigenvalue weighted by atomic mass is 16.5. The van der Waals surface area contributed by atoms with Crippen molar-refractivity contribution in [3.8, 4) is 0 Å². The molecule has 2 aliphatic heterocycles. The quantitative estimate of drug-likeness (QED) is 0.155. The van der Waals surface area contributed by atoms with Gasteiger partial charge < -0.3 is 30.1 Å². The fraction of sp³-hybridized carbons (Fsp3) is 0.314. The van der Waals surface area contributed by atoms with Crippen LogP contribution in [0.5, 0.6) is 0 Å². The van der Waals surface area contributed by atoms with Crippen molar-refractivity contribution in [2.75, 3.05) is 7.11 Å². The molecule has 232 valence electrons. The number of carbonyl (C=O) groups excluding carboxylic acids is 3. The number of ketones is 1. The molecule has 1 saturated heterocycles. The third-order valence-corrected chi connectivity index (χ3v) is 9.63. The monoisotopic (exact) mass is 608 g/mol. The zero-order chi connectivity index (χ0) is 32.3. The van der Waals surface area contributed by atoms with E-state index in [2.05, 4.69) is 26.8 Å². The zero-order valence-corrected chi connectivity index (χ0v) is 25.9. The molecule has 3 aliphatic rings. The molecule has 0 radical (unpaired) electrons. The molecule has 5 N–H and O–H groups in total. The minimum absolute atomic E-state index is 0.0811. The van der Waals surface area contributed by atoms with E-state index >= 15 is 0 Å². The van der Waals surface area contributed by atoms with Crippen molar-refractivity contribution in [2.24, 2.45) is 17.8 Å². The van der Waals surface area contributed by atoms with Gasteiger partial charge in [-0.2, -0.15) is 0 Å². The van der Waals surface area contributed by atoms with Crippen molar-refractivity contribution in [1.82, 2.24) is 20.3 Å². The average Bonchev–Trinajstić information content (AvgIpc) is 3.76. The van der Waals surface area contributed by atoms with E-state index in [1.807, 2.05) is 45.9 Å². The SMILES string of the molecule is C=Cc1c2[nH]c(c1C)C=C1NC(=C3c4[nH]c(c(C)c4C(=O)[C@@H]3C(=O)OC)C=c3[nH]c(c(C=O)c3CC)=C2)[C@@H](CCC(=O)O)[C@@H]1C. The Hall–Kier alpha value is -5.12. The van der Waals surface area contributed by atoms with E-state index in [1.165, 1.54) is 7.11 Å². The minimum Gasteiger partial charge on any atom is -0.481 e. The van der Waals surface area contributed by atoms with Crippen LogP contribution in [0.4, 0.5) is 0 Å². The molecule has 10 heteroatoms. The normalized spacial score (nSPS) is 19.9. The number of fused-ring (bicyclic) bond motifs is 7. The summed E-state index contributed by atoms with van der Waals surface area (Å²) in [6.45, 7) is 11.8. The lowest BCUT2D eigenvalue weighted by molar-refractivity contribution is -0.142. The van der Waals surface area contributed by atoms with Gasteiger partial charge in [0.2, 0.25) is 0 Å². The van der Waals surface area contributed by atoms with Gasteiger partial charge >= 0.3 is 11.9 Å². The third kappa shape index (κ3) is 4.54. The molecule has 1 aliphatic carbocycles. The highest BCUT2D eigenvalue weighted by molar-refractivity contribution is 6.24. The number of nitrogens with one attached hydrogen (secondary N) is 4. The molecule has 0 aromatic carbocycles. The fourth-order valence-electron chi connectivity index (χ4n) is 7.22. The number of hydrogen-bond acceptors (Lipinski definition) is 6. The van der Waals surface area contributed by atoms with Gasteiger partial charge in [0.25, 0.3) is 0 Å². The van der Waals surface area contributed by atoms with Crippen LogP contribution in [0.1, 0.15) is 92.4 Å². The molecule has 6 rings (SSSR count). The second kappa shape index (κ2) is 11.1. The Balaban J connectivity index is 1.75. The van der Waals surface area contributed by atoms with Crippen molar-refractivity contribution in [3.63, 3.8) is 0 Å². The first-order valence-corrected chi connectivity index (χ1v) is 15.1. The second-order valence-corrected chi connectivity index (χ2v) is 11.9. The first-order chi connectivity index (χ1) is 21.5. The average molecular weight is 609 g/mol. The molecule has 0 unspecified atom stereocenters. The molecule has 0 amide bonds. The molecule has 0 spiro atoms. The van der Waals surface area contributed by atoms with E-state index in [0.717, 1.165) is 45.4 Å². The Morgan fingerprint density at radius 2 is 1.73 bits per heavy atom. The maximum Gasteiger partial charge on any atom is 0.321 e. The van der Waals surface area contributed by atoms with Crippen LogP contribution in [0.15, 0.2) is 18.0 Å². The largest absolute Gasteiger partial charge is 0.481 e. The lowest BCUT2D eigenvalue weighted by Crippen LogP contribution is -2.25. The predicted molar refractivity (Wildman–Crippen MR) is 170 cm³/mol. The number of carboxylic acid groups (broad SMARTS) is 1. The van der Waals surface area contributed by atoms with Gasteiger partial charge in [0.1, 0.15) is 5.92 Å². The Kier molecular flexibility index (Phi) is 7.39. The number of ether oxygens (including phenoxy) is 1. The van der Waals surface area contributed by atoms with E-state index in [9.17, 15) is 24.3 Å². The molecule has 45 heavy (non-hydrogen) atoms. The molecule has 3 aromatic heterocycles. The zero-order valence-electron chi connectivity index (χ0n) is 25.9. The summed E-state index contributed by atoms with van der Waals surface area (Å²) in [7, 11) is 1.26. The fourth-order valence-corrected chi connectivity index (χ4v) is 7.22. The van der Waals surface area contributed by atoms with Gasteiger partial charge in [0, 0.05) is 74.3 Å². The van der Waals surface area contributed by atoms with Crippen LogP contribution in [0, 0.1) is 31.6 Å². The number of allylic oxidation sites excluding steroid dienone is 2. The molecule has 3 aromatic rings. The number of methoxy groups -OCH3 is 1. The number of aromatic amines is 3. The smallest absolute Gasteiger partial charge is 0.321 e. The summed E-state index contributed by atoms with van der Waals surface area (Å²) in [5.41, 5.74) is 8.98. The summed E-state index contributed by atoms with van der Waals surface area (Å²) in [6, 6.07) is 0. The summed E-state index contributed by atoms with van der Waals surface area (Å²) in [5, 5.41) is 14.5. The van der Waals surface area contributed by atoms with E-state index in [4.69, 9.17) is 4.74 Å². The molecule has 10 nitrogen and oxygen atoms in total. The Morgan fingerprint density at radius 3 is 2.38 bits per heavy atom. The summed E-state index contributed by atoms with van der Waals surface area (Å²) in [4.78, 5) is 61.7. The number of Topliss-reactive ketones (excluding diaryl/α,β-unsaturated/α-hetero) is 1. The summed E-state index contributed by atoms with van der Waals surface area (Å²) in [6.07, 6.45) is 9.23. The van der Waals surface area contributed by atoms with Gasteiger partial charge in [-0.1, -0.05) is 26.5 Å².